The first-order valence-electron chi connectivity index (χ1n) is 6.71. The first kappa shape index (κ1) is 14.4. The molecule has 1 aromatic heterocycles. The molecule has 0 bridgehead atoms. The molecule has 2 heterocycles. The molecule has 5 nitrogen and oxygen atoms in total. The molecule has 20 heavy (non-hydrogen) atoms. The van der Waals surface area contributed by atoms with Gasteiger partial charge in [0.05, 0.1) is 18.2 Å². The van der Waals surface area contributed by atoms with Gasteiger partial charge in [0.15, 0.2) is 0 Å². The van der Waals surface area contributed by atoms with Gasteiger partial charge in [0.2, 0.25) is 5.91 Å². The number of aromatic nitrogens is 1. The third kappa shape index (κ3) is 4.00. The van der Waals surface area contributed by atoms with Gasteiger partial charge in [0.25, 0.3) is 0 Å². The average molecular weight is 276 g/mol. The van der Waals surface area contributed by atoms with Gasteiger partial charge in [-0.2, -0.15) is 5.26 Å². The molecule has 6 heteroatoms. The van der Waals surface area contributed by atoms with E-state index in [-0.39, 0.29) is 11.8 Å². The number of piperidine rings is 1. The summed E-state index contributed by atoms with van der Waals surface area (Å²) in [7, 11) is 0. The molecule has 106 valence electrons. The Hall–Kier alpha value is -2.00. The Morgan fingerprint density at radius 2 is 2.45 bits per heavy atom. The van der Waals surface area contributed by atoms with E-state index >= 15 is 0 Å². The molecule has 1 atom stereocenters. The van der Waals surface area contributed by atoms with Gasteiger partial charge in [-0.3, -0.25) is 4.79 Å². The molecule has 0 saturated carbocycles. The number of anilines is 1. The molecule has 2 rings (SSSR count). The number of nitrogens with zero attached hydrogens (tertiary/aromatic N) is 3. The first-order valence-corrected chi connectivity index (χ1v) is 6.71. The molecular weight excluding hydrogens is 259 g/mol. The number of rotatable bonds is 4. The van der Waals surface area contributed by atoms with E-state index in [1.54, 1.807) is 0 Å². The maximum Gasteiger partial charge on any atom is 0.229 e. The van der Waals surface area contributed by atoms with Gasteiger partial charge in [-0.15, -0.1) is 0 Å². The summed E-state index contributed by atoms with van der Waals surface area (Å²) in [6, 6.07) is 4.83. The summed E-state index contributed by atoms with van der Waals surface area (Å²) in [5, 5.41) is 11.3. The lowest BCUT2D eigenvalue weighted by Crippen LogP contribution is -2.41. The Morgan fingerprint density at radius 1 is 1.60 bits per heavy atom. The highest BCUT2D eigenvalue weighted by Gasteiger charge is 2.25. The van der Waals surface area contributed by atoms with E-state index in [9.17, 15) is 9.18 Å². The number of hydrogen-bond acceptors (Lipinski definition) is 4. The second-order valence-corrected chi connectivity index (χ2v) is 4.90. The van der Waals surface area contributed by atoms with Crippen LogP contribution in [0.25, 0.3) is 0 Å². The Bertz CT molecular complexity index is 497. The number of carbonyl (C=O) groups excluding carboxylic acids is 1. The summed E-state index contributed by atoms with van der Waals surface area (Å²) in [5.41, 5.74) is 0. The Kier molecular flexibility index (Phi) is 5.02. The van der Waals surface area contributed by atoms with Crippen LogP contribution < -0.4 is 5.32 Å². The topological polar surface area (TPSA) is 69.0 Å². The Morgan fingerprint density at radius 3 is 3.15 bits per heavy atom. The molecule has 1 saturated heterocycles. The molecule has 1 aliphatic rings. The molecular formula is C14H17FN4O. The van der Waals surface area contributed by atoms with Crippen molar-refractivity contribution in [2.75, 3.05) is 25.0 Å². The zero-order chi connectivity index (χ0) is 14.4. The molecule has 0 aromatic carbocycles. The number of amides is 1. The van der Waals surface area contributed by atoms with Gasteiger partial charge in [0, 0.05) is 19.5 Å². The summed E-state index contributed by atoms with van der Waals surface area (Å²) < 4.78 is 12.7. The maximum absolute atomic E-state index is 12.7. The summed E-state index contributed by atoms with van der Waals surface area (Å²) in [4.78, 5) is 18.1. The fourth-order valence-electron chi connectivity index (χ4n) is 2.36. The van der Waals surface area contributed by atoms with Crippen LogP contribution in [-0.2, 0) is 4.79 Å². The zero-order valence-corrected chi connectivity index (χ0v) is 11.2. The van der Waals surface area contributed by atoms with Gasteiger partial charge in [-0.05, 0) is 31.5 Å². The predicted molar refractivity (Wildman–Crippen MR) is 72.2 cm³/mol. The summed E-state index contributed by atoms with van der Waals surface area (Å²) in [6.45, 7) is 2.30. The minimum Gasteiger partial charge on any atom is -0.310 e. The molecule has 1 N–H and O–H groups in total. The third-order valence-electron chi connectivity index (χ3n) is 3.39. The van der Waals surface area contributed by atoms with E-state index in [1.807, 2.05) is 0 Å². The summed E-state index contributed by atoms with van der Waals surface area (Å²) in [6.07, 6.45) is 3.33. The monoisotopic (exact) mass is 276 g/mol. The lowest BCUT2D eigenvalue weighted by atomic mass is 9.97. The van der Waals surface area contributed by atoms with Crippen molar-refractivity contribution in [3.05, 3.63) is 24.1 Å². The normalized spacial score (nSPS) is 19.3. The number of halogens is 1. The molecule has 1 unspecified atom stereocenters. The van der Waals surface area contributed by atoms with Gasteiger partial charge >= 0.3 is 0 Å². The van der Waals surface area contributed by atoms with Gasteiger partial charge < -0.3 is 10.2 Å². The molecule has 1 aliphatic heterocycles. The van der Waals surface area contributed by atoms with Gasteiger partial charge in [0.1, 0.15) is 11.6 Å². The highest BCUT2D eigenvalue weighted by atomic mass is 19.1. The van der Waals surface area contributed by atoms with Crippen molar-refractivity contribution in [2.24, 2.45) is 5.92 Å². The molecule has 1 fully saturated rings. The Labute approximate surface area is 117 Å². The van der Waals surface area contributed by atoms with Gasteiger partial charge in [-0.1, -0.05) is 0 Å². The number of nitrogens with one attached hydrogen (secondary N) is 1. The highest BCUT2D eigenvalue weighted by Crippen LogP contribution is 2.18. The van der Waals surface area contributed by atoms with Crippen LogP contribution in [0.5, 0.6) is 0 Å². The van der Waals surface area contributed by atoms with Crippen LogP contribution >= 0.6 is 0 Å². The largest absolute Gasteiger partial charge is 0.310 e. The van der Waals surface area contributed by atoms with Crippen molar-refractivity contribution in [1.82, 2.24) is 9.88 Å². The van der Waals surface area contributed by atoms with Crippen LogP contribution in [0.1, 0.15) is 19.3 Å². The lowest BCUT2D eigenvalue weighted by Gasteiger charge is -2.31. The second kappa shape index (κ2) is 6.96. The van der Waals surface area contributed by atoms with Crippen LogP contribution in [-0.4, -0.2) is 35.4 Å². The van der Waals surface area contributed by atoms with Crippen LogP contribution in [0.4, 0.5) is 10.2 Å². The van der Waals surface area contributed by atoms with E-state index in [4.69, 9.17) is 5.26 Å². The molecule has 0 spiro atoms. The van der Waals surface area contributed by atoms with Crippen LogP contribution in [0, 0.1) is 23.1 Å². The van der Waals surface area contributed by atoms with Crippen molar-refractivity contribution >= 4 is 11.7 Å². The summed E-state index contributed by atoms with van der Waals surface area (Å²) in [5.74, 6) is -0.256. The lowest BCUT2D eigenvalue weighted by molar-refractivity contribution is -0.121. The van der Waals surface area contributed by atoms with Crippen LogP contribution in [0.2, 0.25) is 0 Å². The van der Waals surface area contributed by atoms with E-state index < -0.39 is 5.82 Å². The van der Waals surface area contributed by atoms with Crippen molar-refractivity contribution in [2.45, 2.75) is 19.3 Å². The van der Waals surface area contributed by atoms with E-state index in [0.717, 1.165) is 25.6 Å². The standard InChI is InChI=1S/C14H17FN4O/c15-12-4-5-13(17-9-12)18-14(20)11-3-1-7-19(10-11)8-2-6-16/h4-5,9,11H,1-3,7-8,10H2,(H,17,18,20). The summed E-state index contributed by atoms with van der Waals surface area (Å²) >= 11 is 0. The fraction of sp³-hybridized carbons (Fsp3) is 0.500. The SMILES string of the molecule is N#CCCN1CCCC(C(=O)Nc2ccc(F)cn2)C1. The van der Waals surface area contributed by atoms with Crippen LogP contribution in [0.15, 0.2) is 18.3 Å². The maximum atomic E-state index is 12.7. The number of hydrogen-bond donors (Lipinski definition) is 1. The molecule has 1 amide bonds. The first-order chi connectivity index (χ1) is 9.69. The number of nitriles is 1. The van der Waals surface area contributed by atoms with Crippen molar-refractivity contribution in [3.8, 4) is 6.07 Å². The van der Waals surface area contributed by atoms with Crippen LogP contribution in [0.3, 0.4) is 0 Å². The van der Waals surface area contributed by atoms with E-state index in [2.05, 4.69) is 21.3 Å². The van der Waals surface area contributed by atoms with Crippen molar-refractivity contribution in [1.29, 1.82) is 5.26 Å². The Balaban J connectivity index is 1.88. The number of pyridine rings is 1. The quantitative estimate of drug-likeness (QED) is 0.910. The fourth-order valence-corrected chi connectivity index (χ4v) is 2.36. The highest BCUT2D eigenvalue weighted by molar-refractivity contribution is 5.91. The predicted octanol–water partition coefficient (Wildman–Crippen LogP) is 1.78. The average Bonchev–Trinajstić information content (AvgIpc) is 2.48. The van der Waals surface area contributed by atoms with Crippen molar-refractivity contribution in [3.63, 3.8) is 0 Å². The number of likely N-dealkylation sites (tertiary alicyclic amines) is 1. The van der Waals surface area contributed by atoms with Crippen molar-refractivity contribution < 1.29 is 9.18 Å². The van der Waals surface area contributed by atoms with E-state index in [0.29, 0.717) is 25.3 Å². The molecule has 0 aliphatic carbocycles. The second-order valence-electron chi connectivity index (χ2n) is 4.90. The van der Waals surface area contributed by atoms with E-state index in [1.165, 1.54) is 12.1 Å². The minimum atomic E-state index is -0.427. The molecule has 0 radical (unpaired) electrons. The smallest absolute Gasteiger partial charge is 0.229 e. The molecule has 1 aromatic rings. The minimum absolute atomic E-state index is 0.0919. The van der Waals surface area contributed by atoms with Gasteiger partial charge in [-0.25, -0.2) is 9.37 Å². The number of carbonyl (C=O) groups is 1. The third-order valence-corrected chi connectivity index (χ3v) is 3.39. The zero-order valence-electron chi connectivity index (χ0n) is 11.2.